The van der Waals surface area contributed by atoms with Crippen LogP contribution < -0.4 is 0 Å². The molecule has 0 saturated carbocycles. The van der Waals surface area contributed by atoms with E-state index >= 15 is 0 Å². The van der Waals surface area contributed by atoms with Crippen LogP contribution in [-0.2, 0) is 11.3 Å². The van der Waals surface area contributed by atoms with Gasteiger partial charge < -0.3 is 10.0 Å². The van der Waals surface area contributed by atoms with Gasteiger partial charge in [-0.05, 0) is 24.5 Å². The molecule has 1 saturated heterocycles. The van der Waals surface area contributed by atoms with Crippen LogP contribution in [0.2, 0.25) is 0 Å². The monoisotopic (exact) mass is 261 g/mol. The van der Waals surface area contributed by atoms with Gasteiger partial charge in [-0.1, -0.05) is 31.0 Å². The number of rotatable bonds is 3. The molecule has 4 nitrogen and oxygen atoms in total. The van der Waals surface area contributed by atoms with Gasteiger partial charge in [0.2, 0.25) is 5.91 Å². The lowest BCUT2D eigenvalue weighted by Crippen LogP contribution is -2.32. The fraction of sp³-hybridized carbons (Fsp3) is 0.467. The molecule has 1 amide bonds. The third-order valence-corrected chi connectivity index (χ3v) is 3.53. The Bertz CT molecular complexity index is 470. The summed E-state index contributed by atoms with van der Waals surface area (Å²) >= 11 is 0. The lowest BCUT2D eigenvalue weighted by Gasteiger charge is -2.25. The highest BCUT2D eigenvalue weighted by Crippen LogP contribution is 2.17. The van der Waals surface area contributed by atoms with Crippen LogP contribution >= 0.6 is 0 Å². The second-order valence-corrected chi connectivity index (χ2v) is 4.94. The minimum absolute atomic E-state index is 0.139. The van der Waals surface area contributed by atoms with Crippen LogP contribution in [0.3, 0.4) is 0 Å². The van der Waals surface area contributed by atoms with E-state index in [1.807, 2.05) is 6.07 Å². The van der Waals surface area contributed by atoms with Crippen molar-refractivity contribution in [2.75, 3.05) is 6.54 Å². The lowest BCUT2D eigenvalue weighted by molar-refractivity contribution is -0.132. The Kier molecular flexibility index (Phi) is 4.55. The zero-order valence-corrected chi connectivity index (χ0v) is 11.0. The molecule has 1 heterocycles. The number of hydrogen-bond donors (Lipinski definition) is 1. The number of benzene rings is 1. The largest absolute Gasteiger partial charge is 0.478 e. The summed E-state index contributed by atoms with van der Waals surface area (Å²) < 4.78 is 0. The molecule has 0 spiro atoms. The Morgan fingerprint density at radius 1 is 1.16 bits per heavy atom. The first-order valence-electron chi connectivity index (χ1n) is 6.77. The average Bonchev–Trinajstić information content (AvgIpc) is 2.39. The van der Waals surface area contributed by atoms with Crippen molar-refractivity contribution in [3.05, 3.63) is 35.4 Å². The third-order valence-electron chi connectivity index (χ3n) is 3.53. The molecule has 1 fully saturated rings. The van der Waals surface area contributed by atoms with Crippen molar-refractivity contribution in [1.82, 2.24) is 4.90 Å². The minimum Gasteiger partial charge on any atom is -0.478 e. The van der Waals surface area contributed by atoms with Gasteiger partial charge in [0.05, 0.1) is 5.56 Å². The van der Waals surface area contributed by atoms with Gasteiger partial charge in [-0.3, -0.25) is 4.79 Å². The number of aromatic carboxylic acids is 1. The highest BCUT2D eigenvalue weighted by molar-refractivity contribution is 5.89. The number of carboxylic acids is 1. The SMILES string of the molecule is O=C(O)c1ccccc1CN1CCCCCCC1=O. The third kappa shape index (κ3) is 3.56. The van der Waals surface area contributed by atoms with Gasteiger partial charge in [0.25, 0.3) is 0 Å². The second-order valence-electron chi connectivity index (χ2n) is 4.94. The fourth-order valence-electron chi connectivity index (χ4n) is 2.45. The summed E-state index contributed by atoms with van der Waals surface area (Å²) in [5.41, 5.74) is 1.00. The van der Waals surface area contributed by atoms with Crippen molar-refractivity contribution in [2.45, 2.75) is 38.6 Å². The molecular weight excluding hydrogens is 242 g/mol. The Morgan fingerprint density at radius 3 is 2.68 bits per heavy atom. The maximum atomic E-state index is 12.0. The Morgan fingerprint density at radius 2 is 1.89 bits per heavy atom. The standard InChI is InChI=1S/C15H19NO3/c17-14-9-3-1-2-6-10-16(14)11-12-7-4-5-8-13(12)15(18)19/h4-5,7-8H,1-3,6,9-11H2,(H,18,19). The first kappa shape index (κ1) is 13.6. The summed E-state index contributed by atoms with van der Waals surface area (Å²) in [6, 6.07) is 6.90. The van der Waals surface area contributed by atoms with Crippen LogP contribution in [-0.4, -0.2) is 28.4 Å². The molecule has 1 aromatic rings. The van der Waals surface area contributed by atoms with E-state index in [4.69, 9.17) is 5.11 Å². The van der Waals surface area contributed by atoms with E-state index in [-0.39, 0.29) is 11.5 Å². The molecule has 1 N–H and O–H groups in total. The molecule has 1 aliphatic heterocycles. The van der Waals surface area contributed by atoms with E-state index in [1.54, 1.807) is 23.1 Å². The van der Waals surface area contributed by atoms with Gasteiger partial charge in [0, 0.05) is 19.5 Å². The number of likely N-dealkylation sites (tertiary alicyclic amines) is 1. The van der Waals surface area contributed by atoms with Gasteiger partial charge >= 0.3 is 5.97 Å². The van der Waals surface area contributed by atoms with E-state index < -0.39 is 5.97 Å². The second kappa shape index (κ2) is 6.36. The minimum atomic E-state index is -0.935. The Labute approximate surface area is 113 Å². The van der Waals surface area contributed by atoms with Crippen LogP contribution in [0, 0.1) is 0 Å². The van der Waals surface area contributed by atoms with Crippen LogP contribution in [0.4, 0.5) is 0 Å². The van der Waals surface area contributed by atoms with Crippen molar-refractivity contribution in [3.63, 3.8) is 0 Å². The van der Waals surface area contributed by atoms with Gasteiger partial charge in [-0.2, -0.15) is 0 Å². The topological polar surface area (TPSA) is 57.6 Å². The number of carbonyl (C=O) groups is 2. The number of amides is 1. The molecule has 19 heavy (non-hydrogen) atoms. The molecule has 102 valence electrons. The number of carboxylic acid groups (broad SMARTS) is 1. The molecular formula is C15H19NO3. The van der Waals surface area contributed by atoms with Crippen LogP contribution in [0.25, 0.3) is 0 Å². The Hall–Kier alpha value is -1.84. The van der Waals surface area contributed by atoms with Gasteiger partial charge in [0.15, 0.2) is 0 Å². The average molecular weight is 261 g/mol. The summed E-state index contributed by atoms with van der Waals surface area (Å²) in [5.74, 6) is -0.796. The predicted octanol–water partition coefficient (Wildman–Crippen LogP) is 2.68. The molecule has 0 atom stereocenters. The predicted molar refractivity (Wildman–Crippen MR) is 71.9 cm³/mol. The molecule has 0 radical (unpaired) electrons. The van der Waals surface area contributed by atoms with Crippen molar-refractivity contribution in [3.8, 4) is 0 Å². The zero-order chi connectivity index (χ0) is 13.7. The van der Waals surface area contributed by atoms with E-state index in [9.17, 15) is 9.59 Å². The van der Waals surface area contributed by atoms with Crippen LogP contribution in [0.1, 0.15) is 48.0 Å². The zero-order valence-electron chi connectivity index (χ0n) is 11.0. The first-order valence-corrected chi connectivity index (χ1v) is 6.77. The highest BCUT2D eigenvalue weighted by Gasteiger charge is 2.18. The normalized spacial score (nSPS) is 16.8. The molecule has 0 unspecified atom stereocenters. The summed E-state index contributed by atoms with van der Waals surface area (Å²) in [5, 5.41) is 9.16. The van der Waals surface area contributed by atoms with Crippen molar-refractivity contribution >= 4 is 11.9 Å². The molecule has 0 bridgehead atoms. The number of hydrogen-bond acceptors (Lipinski definition) is 2. The maximum Gasteiger partial charge on any atom is 0.336 e. The first-order chi connectivity index (χ1) is 9.18. The molecule has 2 rings (SSSR count). The van der Waals surface area contributed by atoms with E-state index in [2.05, 4.69) is 0 Å². The maximum absolute atomic E-state index is 12.0. The van der Waals surface area contributed by atoms with Gasteiger partial charge in [-0.15, -0.1) is 0 Å². The summed E-state index contributed by atoms with van der Waals surface area (Å²) in [4.78, 5) is 25.0. The Balaban J connectivity index is 2.14. The van der Waals surface area contributed by atoms with Crippen LogP contribution in [0.15, 0.2) is 24.3 Å². The summed E-state index contributed by atoms with van der Waals surface area (Å²) in [6.45, 7) is 1.13. The molecule has 1 aliphatic rings. The van der Waals surface area contributed by atoms with E-state index in [0.717, 1.165) is 32.2 Å². The van der Waals surface area contributed by atoms with E-state index in [1.165, 1.54) is 0 Å². The van der Waals surface area contributed by atoms with E-state index in [0.29, 0.717) is 18.5 Å². The van der Waals surface area contributed by atoms with Crippen molar-refractivity contribution in [2.24, 2.45) is 0 Å². The number of nitrogens with zero attached hydrogens (tertiary/aromatic N) is 1. The highest BCUT2D eigenvalue weighted by atomic mass is 16.4. The summed E-state index contributed by atoms with van der Waals surface area (Å²) in [7, 11) is 0. The molecule has 0 aliphatic carbocycles. The van der Waals surface area contributed by atoms with Gasteiger partial charge in [-0.25, -0.2) is 4.79 Å². The lowest BCUT2D eigenvalue weighted by atomic mass is 10.0. The smallest absolute Gasteiger partial charge is 0.336 e. The van der Waals surface area contributed by atoms with Crippen LogP contribution in [0.5, 0.6) is 0 Å². The molecule has 1 aromatic carbocycles. The molecule has 4 heteroatoms. The quantitative estimate of drug-likeness (QED) is 0.910. The van der Waals surface area contributed by atoms with Crippen molar-refractivity contribution < 1.29 is 14.7 Å². The van der Waals surface area contributed by atoms with Gasteiger partial charge in [0.1, 0.15) is 0 Å². The fourth-order valence-corrected chi connectivity index (χ4v) is 2.45. The molecule has 0 aromatic heterocycles. The number of carbonyl (C=O) groups excluding carboxylic acids is 1. The van der Waals surface area contributed by atoms with Crippen molar-refractivity contribution in [1.29, 1.82) is 0 Å². The summed E-state index contributed by atoms with van der Waals surface area (Å²) in [6.07, 6.45) is 4.78.